The zero-order valence-corrected chi connectivity index (χ0v) is 7.07. The van der Waals surface area contributed by atoms with Gasteiger partial charge in [0.15, 0.2) is 0 Å². The van der Waals surface area contributed by atoms with E-state index in [1.54, 1.807) is 6.92 Å². The van der Waals surface area contributed by atoms with Crippen molar-refractivity contribution in [2.45, 2.75) is 13.0 Å². The van der Waals surface area contributed by atoms with Gasteiger partial charge < -0.3 is 15.8 Å². The minimum atomic E-state index is -1.12. The first-order valence-electron chi connectivity index (χ1n) is 3.70. The number of pyridine rings is 1. The maximum atomic E-state index is 10.9. The molecule has 0 aliphatic carbocycles. The molecule has 0 saturated heterocycles. The second-order valence-electron chi connectivity index (χ2n) is 2.76. The Hall–Kier alpha value is -1.62. The first kappa shape index (κ1) is 9.47. The molecule has 0 spiro atoms. The molecular weight excluding hydrogens is 172 g/mol. The fourth-order valence-electron chi connectivity index (χ4n) is 0.942. The number of aromatic nitrogens is 1. The van der Waals surface area contributed by atoms with E-state index in [-0.39, 0.29) is 5.56 Å². The highest BCUT2D eigenvalue weighted by molar-refractivity contribution is 5.75. The highest BCUT2D eigenvalue weighted by atomic mass is 16.4. The Labute approximate surface area is 74.2 Å². The maximum Gasteiger partial charge on any atom is 0.325 e. The van der Waals surface area contributed by atoms with Crippen LogP contribution in [0.15, 0.2) is 17.1 Å². The van der Waals surface area contributed by atoms with E-state index in [1.807, 2.05) is 0 Å². The van der Waals surface area contributed by atoms with Gasteiger partial charge in [-0.25, -0.2) is 0 Å². The van der Waals surface area contributed by atoms with Gasteiger partial charge in [0.2, 0.25) is 0 Å². The van der Waals surface area contributed by atoms with Gasteiger partial charge in [0.05, 0.1) is 0 Å². The maximum absolute atomic E-state index is 10.9. The molecule has 5 nitrogen and oxygen atoms in total. The average molecular weight is 182 g/mol. The van der Waals surface area contributed by atoms with E-state index in [4.69, 9.17) is 10.8 Å². The summed E-state index contributed by atoms with van der Waals surface area (Å²) in [7, 11) is 0. The van der Waals surface area contributed by atoms with Crippen LogP contribution in [0.4, 0.5) is 0 Å². The van der Waals surface area contributed by atoms with Crippen LogP contribution in [0.5, 0.6) is 0 Å². The molecule has 4 N–H and O–H groups in total. The van der Waals surface area contributed by atoms with Crippen molar-refractivity contribution in [1.29, 1.82) is 0 Å². The van der Waals surface area contributed by atoms with E-state index < -0.39 is 12.0 Å². The van der Waals surface area contributed by atoms with Crippen LogP contribution in [-0.2, 0) is 4.79 Å². The Balaban J connectivity index is 3.11. The predicted molar refractivity (Wildman–Crippen MR) is 46.4 cm³/mol. The molecule has 0 fully saturated rings. The molecule has 1 atom stereocenters. The van der Waals surface area contributed by atoms with E-state index >= 15 is 0 Å². The highest BCUT2D eigenvalue weighted by Gasteiger charge is 2.14. The number of carboxylic acid groups (broad SMARTS) is 1. The van der Waals surface area contributed by atoms with Crippen molar-refractivity contribution in [2.24, 2.45) is 5.73 Å². The number of nitrogens with one attached hydrogen (secondary N) is 1. The van der Waals surface area contributed by atoms with Gasteiger partial charge in [-0.15, -0.1) is 0 Å². The fourth-order valence-corrected chi connectivity index (χ4v) is 0.942. The second kappa shape index (κ2) is 3.40. The van der Waals surface area contributed by atoms with Crippen LogP contribution in [0.25, 0.3) is 0 Å². The molecule has 0 bridgehead atoms. The van der Waals surface area contributed by atoms with E-state index in [2.05, 4.69) is 4.98 Å². The van der Waals surface area contributed by atoms with Crippen LogP contribution >= 0.6 is 0 Å². The molecule has 0 saturated carbocycles. The largest absolute Gasteiger partial charge is 0.480 e. The molecule has 0 aromatic carbocycles. The number of carboxylic acids is 1. The second-order valence-corrected chi connectivity index (χ2v) is 2.76. The molecule has 1 aromatic heterocycles. The van der Waals surface area contributed by atoms with Gasteiger partial charge in [-0.2, -0.15) is 0 Å². The summed E-state index contributed by atoms with van der Waals surface area (Å²) in [5, 5.41) is 8.58. The van der Waals surface area contributed by atoms with E-state index in [0.29, 0.717) is 11.1 Å². The quantitative estimate of drug-likeness (QED) is 0.588. The van der Waals surface area contributed by atoms with Crippen LogP contribution in [0.2, 0.25) is 0 Å². The number of aryl methyl sites for hydroxylation is 1. The summed E-state index contributed by atoms with van der Waals surface area (Å²) in [5.74, 6) is -1.12. The van der Waals surface area contributed by atoms with Gasteiger partial charge in [-0.05, 0) is 18.6 Å². The van der Waals surface area contributed by atoms with Crippen molar-refractivity contribution >= 4 is 5.97 Å². The van der Waals surface area contributed by atoms with Gasteiger partial charge in [-0.1, -0.05) is 0 Å². The van der Waals surface area contributed by atoms with Crippen molar-refractivity contribution in [3.05, 3.63) is 33.7 Å². The lowest BCUT2D eigenvalue weighted by Crippen LogP contribution is -2.22. The highest BCUT2D eigenvalue weighted by Crippen LogP contribution is 2.07. The van der Waals surface area contributed by atoms with Gasteiger partial charge in [0.1, 0.15) is 6.04 Å². The van der Waals surface area contributed by atoms with Crippen LogP contribution < -0.4 is 11.3 Å². The number of rotatable bonds is 2. The topological polar surface area (TPSA) is 96.2 Å². The Bertz CT molecular complexity index is 383. The number of aliphatic carboxylic acids is 1. The molecule has 0 aliphatic rings. The molecule has 1 aromatic rings. The summed E-state index contributed by atoms with van der Waals surface area (Å²) in [5.41, 5.74) is 5.95. The summed E-state index contributed by atoms with van der Waals surface area (Å²) >= 11 is 0. The smallest absolute Gasteiger partial charge is 0.325 e. The van der Waals surface area contributed by atoms with Gasteiger partial charge in [0.25, 0.3) is 5.56 Å². The van der Waals surface area contributed by atoms with Crippen molar-refractivity contribution in [3.8, 4) is 0 Å². The molecule has 1 heterocycles. The Morgan fingerprint density at radius 1 is 1.69 bits per heavy atom. The summed E-state index contributed by atoms with van der Waals surface area (Å²) < 4.78 is 0. The minimum Gasteiger partial charge on any atom is -0.480 e. The third kappa shape index (κ3) is 1.94. The molecule has 13 heavy (non-hydrogen) atoms. The van der Waals surface area contributed by atoms with Gasteiger partial charge in [-0.3, -0.25) is 9.59 Å². The zero-order chi connectivity index (χ0) is 10.0. The van der Waals surface area contributed by atoms with E-state index in [1.165, 1.54) is 12.3 Å². The van der Waals surface area contributed by atoms with Crippen LogP contribution in [-0.4, -0.2) is 16.1 Å². The van der Waals surface area contributed by atoms with Gasteiger partial charge >= 0.3 is 5.97 Å². The number of hydrogen-bond donors (Lipinski definition) is 3. The molecule has 0 amide bonds. The van der Waals surface area contributed by atoms with Crippen LogP contribution in [0, 0.1) is 6.92 Å². The predicted octanol–water partition coefficient (Wildman–Crippen LogP) is -0.232. The number of H-pyrrole nitrogens is 1. The molecule has 1 rings (SSSR count). The Morgan fingerprint density at radius 3 is 2.77 bits per heavy atom. The molecule has 0 aliphatic heterocycles. The van der Waals surface area contributed by atoms with Crippen molar-refractivity contribution in [1.82, 2.24) is 4.98 Å². The summed E-state index contributed by atoms with van der Waals surface area (Å²) in [6, 6.07) is 0.382. The Morgan fingerprint density at radius 2 is 2.31 bits per heavy atom. The third-order valence-corrected chi connectivity index (χ3v) is 1.74. The number of hydrogen-bond acceptors (Lipinski definition) is 3. The lowest BCUT2D eigenvalue weighted by molar-refractivity contribution is -0.138. The van der Waals surface area contributed by atoms with Crippen molar-refractivity contribution in [3.63, 3.8) is 0 Å². The fraction of sp³-hybridized carbons (Fsp3) is 0.250. The molecular formula is C8H10N2O3. The van der Waals surface area contributed by atoms with Crippen LogP contribution in [0.1, 0.15) is 17.2 Å². The molecule has 0 radical (unpaired) electrons. The standard InChI is InChI=1S/C8H10N2O3/c1-4-2-5(3-10-7(4)11)6(9)8(12)13/h2-3,6H,9H2,1H3,(H,10,11)(H,12,13)/t6-/m1/s1. The van der Waals surface area contributed by atoms with E-state index in [9.17, 15) is 9.59 Å². The summed E-state index contributed by atoms with van der Waals surface area (Å²) in [4.78, 5) is 23.8. The molecule has 5 heteroatoms. The number of carbonyl (C=O) groups is 1. The summed E-state index contributed by atoms with van der Waals surface area (Å²) in [6.07, 6.45) is 1.31. The average Bonchev–Trinajstić information content (AvgIpc) is 2.08. The van der Waals surface area contributed by atoms with Gasteiger partial charge in [0, 0.05) is 11.8 Å². The minimum absolute atomic E-state index is 0.235. The van der Waals surface area contributed by atoms with Crippen molar-refractivity contribution in [2.75, 3.05) is 0 Å². The molecule has 70 valence electrons. The first-order chi connectivity index (χ1) is 6.02. The zero-order valence-electron chi connectivity index (χ0n) is 7.07. The van der Waals surface area contributed by atoms with E-state index in [0.717, 1.165) is 0 Å². The monoisotopic (exact) mass is 182 g/mol. The Kier molecular flexibility index (Phi) is 2.48. The number of aromatic amines is 1. The SMILES string of the molecule is Cc1cc([C@@H](N)C(=O)O)c[nH]c1=O. The number of nitrogens with two attached hydrogens (primary N) is 1. The lowest BCUT2D eigenvalue weighted by atomic mass is 10.1. The van der Waals surface area contributed by atoms with Crippen molar-refractivity contribution < 1.29 is 9.90 Å². The normalized spacial score (nSPS) is 12.5. The van der Waals surface area contributed by atoms with Crippen LogP contribution in [0.3, 0.4) is 0 Å². The lowest BCUT2D eigenvalue weighted by Gasteiger charge is -2.05. The third-order valence-electron chi connectivity index (χ3n) is 1.74. The first-order valence-corrected chi connectivity index (χ1v) is 3.70. The molecule has 0 unspecified atom stereocenters. The summed E-state index contributed by atoms with van der Waals surface area (Å²) in [6.45, 7) is 1.59.